The molecule has 140 valence electrons. The number of fused-ring (bicyclic) bond motifs is 1. The van der Waals surface area contributed by atoms with E-state index in [1.807, 2.05) is 30.3 Å². The van der Waals surface area contributed by atoms with Gasteiger partial charge in [-0.1, -0.05) is 36.4 Å². The van der Waals surface area contributed by atoms with Crippen molar-refractivity contribution in [1.82, 2.24) is 9.55 Å². The fourth-order valence-electron chi connectivity index (χ4n) is 3.02. The van der Waals surface area contributed by atoms with E-state index in [9.17, 15) is 14.0 Å². The molecule has 0 fully saturated rings. The minimum atomic E-state index is -0.434. The number of hydrogen-bond acceptors (Lipinski definition) is 4. The van der Waals surface area contributed by atoms with Crippen LogP contribution < -0.4 is 10.9 Å². The number of aromatic nitrogens is 2. The van der Waals surface area contributed by atoms with Crippen LogP contribution in [0.15, 0.2) is 65.7 Å². The van der Waals surface area contributed by atoms with Crippen LogP contribution in [0.2, 0.25) is 0 Å². The van der Waals surface area contributed by atoms with Gasteiger partial charge in [-0.2, -0.15) is 0 Å². The van der Waals surface area contributed by atoms with Gasteiger partial charge < -0.3 is 5.32 Å². The summed E-state index contributed by atoms with van der Waals surface area (Å²) in [6, 6.07) is 15.3. The van der Waals surface area contributed by atoms with Crippen molar-refractivity contribution < 1.29 is 9.18 Å². The van der Waals surface area contributed by atoms with Gasteiger partial charge in [-0.3, -0.25) is 14.2 Å². The number of nitrogens with zero attached hydrogens (tertiary/aromatic N) is 2. The van der Waals surface area contributed by atoms with Crippen LogP contribution in [0.25, 0.3) is 10.2 Å². The number of aryl methyl sites for hydroxylation is 1. The molecule has 0 spiro atoms. The van der Waals surface area contributed by atoms with E-state index in [4.69, 9.17) is 0 Å². The molecule has 1 amide bonds. The van der Waals surface area contributed by atoms with Gasteiger partial charge in [-0.25, -0.2) is 9.37 Å². The topological polar surface area (TPSA) is 64.0 Å². The highest BCUT2D eigenvalue weighted by Crippen LogP contribution is 2.27. The molecule has 28 heavy (non-hydrogen) atoms. The Morgan fingerprint density at radius 2 is 1.96 bits per heavy atom. The molecule has 1 N–H and O–H groups in total. The Labute approximate surface area is 164 Å². The molecular formula is C21H16FN3O2S. The maximum atomic E-state index is 13.3. The van der Waals surface area contributed by atoms with E-state index in [-0.39, 0.29) is 11.5 Å². The van der Waals surface area contributed by atoms with Gasteiger partial charge in [0.25, 0.3) is 11.5 Å². The van der Waals surface area contributed by atoms with E-state index in [2.05, 4.69) is 10.3 Å². The molecule has 4 rings (SSSR count). The number of hydrogen-bond donors (Lipinski definition) is 1. The zero-order valence-electron chi connectivity index (χ0n) is 15.0. The lowest BCUT2D eigenvalue weighted by Gasteiger charge is -2.05. The summed E-state index contributed by atoms with van der Waals surface area (Å²) in [5.41, 5.74) is 1.74. The summed E-state index contributed by atoms with van der Waals surface area (Å²) in [6.45, 7) is 2.14. The molecule has 0 saturated heterocycles. The molecule has 0 aliphatic rings. The summed E-state index contributed by atoms with van der Waals surface area (Å²) in [4.78, 5) is 30.8. The number of anilines is 1. The molecule has 7 heteroatoms. The average Bonchev–Trinajstić information content (AvgIpc) is 3.02. The van der Waals surface area contributed by atoms with Crippen LogP contribution in [-0.2, 0) is 6.54 Å². The molecule has 0 bridgehead atoms. The molecule has 0 saturated carbocycles. The van der Waals surface area contributed by atoms with E-state index in [0.29, 0.717) is 32.9 Å². The number of amides is 1. The fourth-order valence-corrected chi connectivity index (χ4v) is 4.06. The molecule has 2 aromatic heterocycles. The number of carbonyl (C=O) groups is 1. The lowest BCUT2D eigenvalue weighted by Crippen LogP contribution is -2.21. The summed E-state index contributed by atoms with van der Waals surface area (Å²) < 4.78 is 14.9. The van der Waals surface area contributed by atoms with Crippen molar-refractivity contribution in [3.05, 3.63) is 93.1 Å². The molecular weight excluding hydrogens is 377 g/mol. The van der Waals surface area contributed by atoms with Gasteiger partial charge >= 0.3 is 0 Å². The van der Waals surface area contributed by atoms with Crippen molar-refractivity contribution in [1.29, 1.82) is 0 Å². The van der Waals surface area contributed by atoms with Crippen molar-refractivity contribution >= 4 is 33.1 Å². The number of carbonyl (C=O) groups excluding carboxylic acids is 1. The largest absolute Gasteiger partial charge is 0.321 e. The summed E-state index contributed by atoms with van der Waals surface area (Å²) >= 11 is 1.15. The summed E-state index contributed by atoms with van der Waals surface area (Å²) in [5, 5.41) is 3.11. The number of thiophene rings is 1. The summed E-state index contributed by atoms with van der Waals surface area (Å²) in [6.07, 6.45) is 1.50. The van der Waals surface area contributed by atoms with Gasteiger partial charge in [0, 0.05) is 5.69 Å². The first kappa shape index (κ1) is 18.1. The van der Waals surface area contributed by atoms with Crippen molar-refractivity contribution in [3.63, 3.8) is 0 Å². The second-order valence-electron chi connectivity index (χ2n) is 6.36. The molecule has 0 aliphatic heterocycles. The number of benzene rings is 2. The molecule has 0 radical (unpaired) electrons. The SMILES string of the molecule is Cc1c(C(=O)Nc2cccc(F)c2)sc2ncn(Cc3ccccc3)c(=O)c12. The van der Waals surface area contributed by atoms with E-state index in [0.717, 1.165) is 16.9 Å². The maximum Gasteiger partial charge on any atom is 0.266 e. The second kappa shape index (κ2) is 7.36. The van der Waals surface area contributed by atoms with Gasteiger partial charge in [0.1, 0.15) is 10.6 Å². The van der Waals surface area contributed by atoms with Gasteiger partial charge in [0.05, 0.1) is 23.1 Å². The summed E-state index contributed by atoms with van der Waals surface area (Å²) in [7, 11) is 0. The minimum Gasteiger partial charge on any atom is -0.321 e. The molecule has 2 aromatic carbocycles. The highest BCUT2D eigenvalue weighted by Gasteiger charge is 2.19. The van der Waals surface area contributed by atoms with E-state index in [1.165, 1.54) is 29.1 Å². The van der Waals surface area contributed by atoms with Crippen molar-refractivity contribution in [2.24, 2.45) is 0 Å². The minimum absolute atomic E-state index is 0.188. The Kier molecular flexibility index (Phi) is 4.75. The standard InChI is InChI=1S/C21H16FN3O2S/c1-13-17-20(23-12-25(21(17)27)11-14-6-3-2-4-7-14)28-18(13)19(26)24-16-9-5-8-15(22)10-16/h2-10,12H,11H2,1H3,(H,24,26). The monoisotopic (exact) mass is 393 g/mol. The maximum absolute atomic E-state index is 13.3. The van der Waals surface area contributed by atoms with E-state index >= 15 is 0 Å². The van der Waals surface area contributed by atoms with Crippen LogP contribution in [-0.4, -0.2) is 15.5 Å². The molecule has 0 atom stereocenters. The second-order valence-corrected chi connectivity index (χ2v) is 7.36. The normalized spacial score (nSPS) is 10.9. The molecule has 2 heterocycles. The van der Waals surface area contributed by atoms with Crippen LogP contribution in [0.3, 0.4) is 0 Å². The lowest BCUT2D eigenvalue weighted by atomic mass is 10.2. The predicted octanol–water partition coefficient (Wildman–Crippen LogP) is 4.21. The van der Waals surface area contributed by atoms with Crippen LogP contribution in [0.1, 0.15) is 20.8 Å². The van der Waals surface area contributed by atoms with Gasteiger partial charge in [0.2, 0.25) is 0 Å². The van der Waals surface area contributed by atoms with Crippen molar-refractivity contribution in [3.8, 4) is 0 Å². The quantitative estimate of drug-likeness (QED) is 0.565. The molecule has 4 aromatic rings. The predicted molar refractivity (Wildman–Crippen MR) is 109 cm³/mol. The Balaban J connectivity index is 1.69. The first-order valence-corrected chi connectivity index (χ1v) is 9.44. The Hall–Kier alpha value is -3.32. The number of halogens is 1. The molecule has 5 nitrogen and oxygen atoms in total. The zero-order chi connectivity index (χ0) is 19.7. The third kappa shape index (κ3) is 3.44. The molecule has 0 unspecified atom stereocenters. The Morgan fingerprint density at radius 3 is 2.71 bits per heavy atom. The Morgan fingerprint density at radius 1 is 1.18 bits per heavy atom. The highest BCUT2D eigenvalue weighted by molar-refractivity contribution is 7.20. The number of rotatable bonds is 4. The first-order valence-electron chi connectivity index (χ1n) is 8.62. The van der Waals surface area contributed by atoms with Crippen LogP contribution in [0.4, 0.5) is 10.1 Å². The van der Waals surface area contributed by atoms with E-state index in [1.54, 1.807) is 13.0 Å². The average molecular weight is 393 g/mol. The summed E-state index contributed by atoms with van der Waals surface area (Å²) in [5.74, 6) is -0.823. The van der Waals surface area contributed by atoms with Crippen molar-refractivity contribution in [2.75, 3.05) is 5.32 Å². The van der Waals surface area contributed by atoms with Crippen LogP contribution in [0, 0.1) is 12.7 Å². The smallest absolute Gasteiger partial charge is 0.266 e. The van der Waals surface area contributed by atoms with Crippen LogP contribution >= 0.6 is 11.3 Å². The highest BCUT2D eigenvalue weighted by atomic mass is 32.1. The molecule has 0 aliphatic carbocycles. The zero-order valence-corrected chi connectivity index (χ0v) is 15.8. The third-order valence-corrected chi connectivity index (χ3v) is 5.60. The van der Waals surface area contributed by atoms with Gasteiger partial charge in [-0.15, -0.1) is 11.3 Å². The Bertz CT molecular complexity index is 1230. The lowest BCUT2D eigenvalue weighted by molar-refractivity contribution is 0.103. The van der Waals surface area contributed by atoms with Crippen molar-refractivity contribution in [2.45, 2.75) is 13.5 Å². The van der Waals surface area contributed by atoms with Gasteiger partial charge in [0.15, 0.2) is 0 Å². The van der Waals surface area contributed by atoms with Gasteiger partial charge in [-0.05, 0) is 36.2 Å². The number of nitrogens with one attached hydrogen (secondary N) is 1. The third-order valence-electron chi connectivity index (χ3n) is 4.40. The van der Waals surface area contributed by atoms with Crippen LogP contribution in [0.5, 0.6) is 0 Å². The first-order chi connectivity index (χ1) is 13.5. The van der Waals surface area contributed by atoms with E-state index < -0.39 is 5.82 Å². The fraction of sp³-hybridized carbons (Fsp3) is 0.0952.